The monoisotopic (exact) mass is 372 g/mol. The summed E-state index contributed by atoms with van der Waals surface area (Å²) in [6, 6.07) is 4.69. The lowest BCUT2D eigenvalue weighted by Crippen LogP contribution is -2.54. The van der Waals surface area contributed by atoms with Gasteiger partial charge in [-0.25, -0.2) is 19.3 Å². The molecule has 3 aromatic rings. The predicted octanol–water partition coefficient (Wildman–Crippen LogP) is 2.18. The molecule has 0 bridgehead atoms. The summed E-state index contributed by atoms with van der Waals surface area (Å²) in [5.74, 6) is 0.545. The fourth-order valence-electron chi connectivity index (χ4n) is 3.14. The number of benzene rings is 1. The summed E-state index contributed by atoms with van der Waals surface area (Å²) >= 11 is 1.51. The van der Waals surface area contributed by atoms with Crippen LogP contribution in [0.1, 0.15) is 10.6 Å². The van der Waals surface area contributed by atoms with Crippen molar-refractivity contribution in [2.45, 2.75) is 19.5 Å². The molecule has 4 rings (SSSR count). The second-order valence-electron chi connectivity index (χ2n) is 6.57. The summed E-state index contributed by atoms with van der Waals surface area (Å²) in [6.45, 7) is 5.40. The van der Waals surface area contributed by atoms with Gasteiger partial charge in [-0.2, -0.15) is 0 Å². The number of nitrogens with two attached hydrogens (primary N) is 1. The summed E-state index contributed by atoms with van der Waals surface area (Å²) < 4.78 is 14.2. The number of nitrogens with zero attached hydrogens (tertiary/aromatic N) is 5. The molecule has 8 heteroatoms. The Labute approximate surface area is 155 Å². The first-order valence-electron chi connectivity index (χ1n) is 8.67. The molecule has 136 valence electrons. The number of anilines is 1. The van der Waals surface area contributed by atoms with Crippen LogP contribution in [0.5, 0.6) is 0 Å². The standard InChI is InChI=1S/C18H21FN6S/c1-12-10-21-18(22-11-12)25-6-4-24(5-7-25)16(20)9-17-23-14-3-2-13(19)8-15(14)26-17/h2-3,8,10-11,16H,4-7,9,20H2,1H3. The normalized spacial score (nSPS) is 17.0. The van der Waals surface area contributed by atoms with Crippen LogP contribution < -0.4 is 10.6 Å². The van der Waals surface area contributed by atoms with E-state index in [1.54, 1.807) is 6.07 Å². The Bertz CT molecular complexity index is 888. The molecule has 0 amide bonds. The average Bonchev–Trinajstić information content (AvgIpc) is 3.03. The van der Waals surface area contributed by atoms with Gasteiger partial charge in [-0.1, -0.05) is 0 Å². The third-order valence-electron chi connectivity index (χ3n) is 4.61. The zero-order valence-electron chi connectivity index (χ0n) is 14.6. The SMILES string of the molecule is Cc1cnc(N2CCN(C(N)Cc3nc4ccc(F)cc4s3)CC2)nc1. The fourth-order valence-corrected chi connectivity index (χ4v) is 4.19. The van der Waals surface area contributed by atoms with Crippen molar-refractivity contribution >= 4 is 27.5 Å². The van der Waals surface area contributed by atoms with Crippen molar-refractivity contribution in [3.63, 3.8) is 0 Å². The topological polar surface area (TPSA) is 71.2 Å². The molecule has 0 aliphatic carbocycles. The van der Waals surface area contributed by atoms with E-state index in [9.17, 15) is 4.39 Å². The molecule has 0 radical (unpaired) electrons. The number of aryl methyl sites for hydroxylation is 1. The Hall–Kier alpha value is -2.16. The molecule has 0 saturated carbocycles. The Morgan fingerprint density at radius 3 is 2.65 bits per heavy atom. The largest absolute Gasteiger partial charge is 0.338 e. The van der Waals surface area contributed by atoms with E-state index in [-0.39, 0.29) is 12.0 Å². The third-order valence-corrected chi connectivity index (χ3v) is 5.65. The van der Waals surface area contributed by atoms with Crippen LogP contribution in [-0.2, 0) is 6.42 Å². The smallest absolute Gasteiger partial charge is 0.225 e. The molecule has 1 fully saturated rings. The van der Waals surface area contributed by atoms with E-state index >= 15 is 0 Å². The lowest BCUT2D eigenvalue weighted by Gasteiger charge is -2.37. The first-order chi connectivity index (χ1) is 12.6. The maximum atomic E-state index is 13.3. The number of halogens is 1. The van der Waals surface area contributed by atoms with Crippen molar-refractivity contribution in [1.82, 2.24) is 19.9 Å². The highest BCUT2D eigenvalue weighted by Gasteiger charge is 2.23. The summed E-state index contributed by atoms with van der Waals surface area (Å²) in [7, 11) is 0. The van der Waals surface area contributed by atoms with Gasteiger partial charge in [-0.05, 0) is 30.7 Å². The average molecular weight is 372 g/mol. The Morgan fingerprint density at radius 2 is 1.92 bits per heavy atom. The van der Waals surface area contributed by atoms with Gasteiger partial charge in [0.2, 0.25) is 5.95 Å². The van der Waals surface area contributed by atoms with Gasteiger partial charge in [0.15, 0.2) is 0 Å². The molecule has 1 unspecified atom stereocenters. The van der Waals surface area contributed by atoms with Crippen LogP contribution in [0.25, 0.3) is 10.2 Å². The van der Waals surface area contributed by atoms with Crippen molar-refractivity contribution in [2.75, 3.05) is 31.1 Å². The Kier molecular flexibility index (Phi) is 4.80. The first kappa shape index (κ1) is 17.3. The zero-order chi connectivity index (χ0) is 18.1. The molecule has 1 atom stereocenters. The van der Waals surface area contributed by atoms with Gasteiger partial charge in [-0.3, -0.25) is 4.90 Å². The molecule has 1 saturated heterocycles. The van der Waals surface area contributed by atoms with E-state index in [1.165, 1.54) is 23.5 Å². The molecule has 0 spiro atoms. The number of aromatic nitrogens is 3. The predicted molar refractivity (Wildman–Crippen MR) is 102 cm³/mol. The maximum absolute atomic E-state index is 13.3. The van der Waals surface area contributed by atoms with E-state index in [2.05, 4.69) is 24.8 Å². The Balaban J connectivity index is 1.36. The van der Waals surface area contributed by atoms with Crippen molar-refractivity contribution in [1.29, 1.82) is 0 Å². The third kappa shape index (κ3) is 3.67. The van der Waals surface area contributed by atoms with Crippen molar-refractivity contribution < 1.29 is 4.39 Å². The highest BCUT2D eigenvalue weighted by Crippen LogP contribution is 2.24. The van der Waals surface area contributed by atoms with Gasteiger partial charge in [0, 0.05) is 45.0 Å². The molecular formula is C18H21FN6S. The van der Waals surface area contributed by atoms with Crippen molar-refractivity contribution in [3.05, 3.63) is 47.0 Å². The minimum absolute atomic E-state index is 0.0958. The van der Waals surface area contributed by atoms with Crippen LogP contribution >= 0.6 is 11.3 Å². The van der Waals surface area contributed by atoms with Crippen LogP contribution in [0.2, 0.25) is 0 Å². The van der Waals surface area contributed by atoms with Crippen molar-refractivity contribution in [2.24, 2.45) is 5.73 Å². The van der Waals surface area contributed by atoms with Crippen LogP contribution in [-0.4, -0.2) is 52.2 Å². The second-order valence-corrected chi connectivity index (χ2v) is 7.69. The number of fused-ring (bicyclic) bond motifs is 1. The Morgan fingerprint density at radius 1 is 1.19 bits per heavy atom. The minimum atomic E-state index is -0.230. The van der Waals surface area contributed by atoms with E-state index in [0.717, 1.165) is 52.9 Å². The van der Waals surface area contributed by atoms with Crippen LogP contribution in [0, 0.1) is 12.7 Å². The molecule has 1 aliphatic heterocycles. The molecule has 1 aromatic carbocycles. The number of hydrogen-bond donors (Lipinski definition) is 1. The van der Waals surface area contributed by atoms with Crippen molar-refractivity contribution in [3.8, 4) is 0 Å². The van der Waals surface area contributed by atoms with E-state index in [0.29, 0.717) is 6.42 Å². The lowest BCUT2D eigenvalue weighted by molar-refractivity contribution is 0.186. The molecule has 2 aromatic heterocycles. The van der Waals surface area contributed by atoms with E-state index in [1.807, 2.05) is 19.3 Å². The van der Waals surface area contributed by atoms with Gasteiger partial charge in [-0.15, -0.1) is 11.3 Å². The fraction of sp³-hybridized carbons (Fsp3) is 0.389. The quantitative estimate of drug-likeness (QED) is 0.757. The summed E-state index contributed by atoms with van der Waals surface area (Å²) in [5.41, 5.74) is 8.30. The zero-order valence-corrected chi connectivity index (χ0v) is 15.4. The highest BCUT2D eigenvalue weighted by molar-refractivity contribution is 7.18. The summed E-state index contributed by atoms with van der Waals surface area (Å²) in [6.07, 6.45) is 4.26. The first-order valence-corrected chi connectivity index (χ1v) is 9.48. The van der Waals surface area contributed by atoms with E-state index in [4.69, 9.17) is 5.73 Å². The lowest BCUT2D eigenvalue weighted by atomic mass is 10.2. The number of hydrogen-bond acceptors (Lipinski definition) is 7. The van der Waals surface area contributed by atoms with Gasteiger partial charge < -0.3 is 10.6 Å². The highest BCUT2D eigenvalue weighted by atomic mass is 32.1. The molecule has 3 heterocycles. The second kappa shape index (κ2) is 7.22. The van der Waals surface area contributed by atoms with Crippen LogP contribution in [0.15, 0.2) is 30.6 Å². The van der Waals surface area contributed by atoms with Gasteiger partial charge in [0.25, 0.3) is 0 Å². The molecule has 26 heavy (non-hydrogen) atoms. The minimum Gasteiger partial charge on any atom is -0.338 e. The summed E-state index contributed by atoms with van der Waals surface area (Å²) in [5, 5.41) is 0.947. The maximum Gasteiger partial charge on any atom is 0.225 e. The van der Waals surface area contributed by atoms with Crippen LogP contribution in [0.4, 0.5) is 10.3 Å². The van der Waals surface area contributed by atoms with Crippen LogP contribution in [0.3, 0.4) is 0 Å². The van der Waals surface area contributed by atoms with Gasteiger partial charge in [0.1, 0.15) is 5.82 Å². The number of rotatable bonds is 4. The molecule has 2 N–H and O–H groups in total. The molecule has 1 aliphatic rings. The molecular weight excluding hydrogens is 351 g/mol. The summed E-state index contributed by atoms with van der Waals surface area (Å²) in [4.78, 5) is 17.8. The number of thiazole rings is 1. The van der Waals surface area contributed by atoms with E-state index < -0.39 is 0 Å². The van der Waals surface area contributed by atoms with Gasteiger partial charge >= 0.3 is 0 Å². The van der Waals surface area contributed by atoms with Gasteiger partial charge in [0.05, 0.1) is 21.4 Å². The molecule has 6 nitrogen and oxygen atoms in total. The number of piperazine rings is 1.